The Morgan fingerprint density at radius 1 is 0.774 bits per heavy atom. The second kappa shape index (κ2) is 19.9. The molecular formula is C38H42BrN3O9S2. The Morgan fingerprint density at radius 2 is 1.36 bits per heavy atom. The lowest BCUT2D eigenvalue weighted by molar-refractivity contribution is -0.123. The third kappa shape index (κ3) is 12.7. The summed E-state index contributed by atoms with van der Waals surface area (Å²) in [7, 11) is -4.95. The first-order valence-corrected chi connectivity index (χ1v) is 20.4. The Balaban J connectivity index is 1.47. The number of nitrogens with one attached hydrogen (secondary N) is 3. The van der Waals surface area contributed by atoms with E-state index in [1.807, 2.05) is 60.7 Å². The van der Waals surface area contributed by atoms with Gasteiger partial charge >= 0.3 is 6.09 Å². The lowest BCUT2D eigenvalue weighted by atomic mass is 10.0. The molecule has 0 aliphatic rings. The normalized spacial score (nSPS) is 12.8. The van der Waals surface area contributed by atoms with Gasteiger partial charge < -0.3 is 24.8 Å². The molecule has 15 heteroatoms. The number of ether oxygens (including phenoxy) is 3. The summed E-state index contributed by atoms with van der Waals surface area (Å²) in [6, 6.07) is 27.1. The topological polar surface area (TPSA) is 166 Å². The fraction of sp³-hybridized carbons (Fsp3) is 0.263. The van der Waals surface area contributed by atoms with Crippen LogP contribution in [0, 0.1) is 0 Å². The van der Waals surface area contributed by atoms with Crippen molar-refractivity contribution in [2.75, 3.05) is 20.8 Å². The zero-order valence-corrected chi connectivity index (χ0v) is 32.5. The van der Waals surface area contributed by atoms with Crippen LogP contribution in [0.3, 0.4) is 0 Å². The minimum absolute atomic E-state index is 0.00176. The average molecular weight is 829 g/mol. The van der Waals surface area contributed by atoms with Crippen LogP contribution in [0.4, 0.5) is 4.79 Å². The largest absolute Gasteiger partial charge is 0.493 e. The highest BCUT2D eigenvalue weighted by molar-refractivity contribution is 9.10. The summed E-state index contributed by atoms with van der Waals surface area (Å²) in [4.78, 5) is 26.7. The highest BCUT2D eigenvalue weighted by atomic mass is 79.9. The quantitative estimate of drug-likeness (QED) is 0.0973. The lowest BCUT2D eigenvalue weighted by Gasteiger charge is -2.22. The van der Waals surface area contributed by atoms with Crippen LogP contribution >= 0.6 is 15.9 Å². The first kappa shape index (κ1) is 41.1. The molecule has 0 aromatic heterocycles. The maximum atomic E-state index is 13.8. The number of rotatable bonds is 19. The molecular weight excluding hydrogens is 786 g/mol. The summed E-state index contributed by atoms with van der Waals surface area (Å²) in [5, 5.41) is 6.57. The van der Waals surface area contributed by atoms with Gasteiger partial charge in [0, 0.05) is 35.0 Å². The maximum absolute atomic E-state index is 13.8. The van der Waals surface area contributed by atoms with E-state index in [9.17, 15) is 26.4 Å². The second-order valence-corrected chi connectivity index (χ2v) is 16.2. The van der Waals surface area contributed by atoms with Crippen LogP contribution in [-0.4, -0.2) is 61.7 Å². The molecule has 12 nitrogen and oxygen atoms in total. The molecule has 0 heterocycles. The molecule has 2 amide bonds. The molecule has 0 spiro atoms. The van der Waals surface area contributed by atoms with Gasteiger partial charge in [0.25, 0.3) is 0 Å². The van der Waals surface area contributed by atoms with Gasteiger partial charge in [0.05, 0.1) is 19.1 Å². The minimum Gasteiger partial charge on any atom is -0.493 e. The van der Waals surface area contributed by atoms with E-state index in [-0.39, 0.29) is 46.0 Å². The molecule has 0 fully saturated rings. The van der Waals surface area contributed by atoms with Gasteiger partial charge in [-0.2, -0.15) is 0 Å². The fourth-order valence-corrected chi connectivity index (χ4v) is 8.37. The Kier molecular flexibility index (Phi) is 15.5. The van der Waals surface area contributed by atoms with E-state index in [4.69, 9.17) is 14.2 Å². The first-order chi connectivity index (χ1) is 25.4. The highest BCUT2D eigenvalue weighted by Gasteiger charge is 2.25. The summed E-state index contributed by atoms with van der Waals surface area (Å²) < 4.78 is 71.2. The Labute approximate surface area is 319 Å². The van der Waals surface area contributed by atoms with Crippen LogP contribution in [-0.2, 0) is 42.4 Å². The molecule has 4 rings (SSSR count). The molecule has 0 bridgehead atoms. The standard InChI is InChI=1S/C38H42BrN3O9S2/c1-49-34-25-32(39)36(26-35(34)50-2)53(47,48)40-22-13-12-18-30(21-23-52(45,46)31-19-10-5-11-20-31)41-37(43)33(24-28-14-6-3-7-15-28)42-38(44)51-27-29-16-8-4-9-17-29/h3-11,14-17,19-21,23,25-26,30,33,40H,12-13,18,22,24,27H2,1-2H3,(H,41,43)(H,42,44)/b23-21+/t30-,33-/m0/s1. The molecule has 0 aliphatic carbocycles. The van der Waals surface area contributed by atoms with Gasteiger partial charge in [0.2, 0.25) is 15.9 Å². The molecule has 0 unspecified atom stereocenters. The number of sulfonamides is 1. The number of halogens is 1. The monoisotopic (exact) mass is 827 g/mol. The summed E-state index contributed by atoms with van der Waals surface area (Å²) >= 11 is 3.28. The predicted molar refractivity (Wildman–Crippen MR) is 205 cm³/mol. The van der Waals surface area contributed by atoms with Crippen LogP contribution in [0.2, 0.25) is 0 Å². The number of amides is 2. The van der Waals surface area contributed by atoms with Crippen LogP contribution in [0.5, 0.6) is 11.5 Å². The van der Waals surface area contributed by atoms with Gasteiger partial charge in [0.1, 0.15) is 17.5 Å². The fourth-order valence-electron chi connectivity index (χ4n) is 5.17. The van der Waals surface area contributed by atoms with Crippen molar-refractivity contribution in [1.29, 1.82) is 0 Å². The Bertz CT molecular complexity index is 2050. The summed E-state index contributed by atoms with van der Waals surface area (Å²) in [6.07, 6.45) is 1.74. The van der Waals surface area contributed by atoms with E-state index >= 15 is 0 Å². The molecule has 0 saturated carbocycles. The number of hydrogen-bond donors (Lipinski definition) is 3. The Morgan fingerprint density at radius 3 is 1.98 bits per heavy atom. The van der Waals surface area contributed by atoms with E-state index in [2.05, 4.69) is 31.3 Å². The van der Waals surface area contributed by atoms with E-state index in [0.29, 0.717) is 18.6 Å². The molecule has 282 valence electrons. The number of carbonyl (C=O) groups is 2. The van der Waals surface area contributed by atoms with E-state index in [1.54, 1.807) is 18.2 Å². The molecule has 53 heavy (non-hydrogen) atoms. The summed E-state index contributed by atoms with van der Waals surface area (Å²) in [6.45, 7) is 0.0586. The molecule has 0 saturated heterocycles. The third-order valence-corrected chi connectivity index (χ3v) is 11.8. The van der Waals surface area contributed by atoms with Gasteiger partial charge in [-0.3, -0.25) is 4.79 Å². The molecule has 2 atom stereocenters. The van der Waals surface area contributed by atoms with Crippen molar-refractivity contribution in [2.24, 2.45) is 0 Å². The number of carbonyl (C=O) groups excluding carboxylic acids is 2. The van der Waals surface area contributed by atoms with Crippen LogP contribution in [0.15, 0.2) is 129 Å². The molecule has 0 aliphatic heterocycles. The SMILES string of the molecule is COc1cc(Br)c(S(=O)(=O)NCCCC[C@@H](/C=C/S(=O)(=O)c2ccccc2)NC(=O)[C@H](Cc2ccccc2)NC(=O)OCc2ccccc2)cc1OC. The van der Waals surface area contributed by atoms with Crippen molar-refractivity contribution in [3.63, 3.8) is 0 Å². The van der Waals surface area contributed by atoms with E-state index in [1.165, 1.54) is 44.6 Å². The smallest absolute Gasteiger partial charge is 0.408 e. The summed E-state index contributed by atoms with van der Waals surface area (Å²) in [5.41, 5.74) is 1.55. The summed E-state index contributed by atoms with van der Waals surface area (Å²) in [5.74, 6) is 0.0479. The number of alkyl carbamates (subject to hydrolysis) is 1. The van der Waals surface area contributed by atoms with Gasteiger partial charge in [-0.1, -0.05) is 84.9 Å². The lowest BCUT2D eigenvalue weighted by Crippen LogP contribution is -2.50. The zero-order chi connectivity index (χ0) is 38.3. The molecule has 4 aromatic carbocycles. The minimum atomic E-state index is -3.95. The molecule has 4 aromatic rings. The van der Waals surface area contributed by atoms with Crippen LogP contribution < -0.4 is 24.8 Å². The third-order valence-electron chi connectivity index (χ3n) is 7.95. The number of hydrogen-bond acceptors (Lipinski definition) is 9. The number of unbranched alkanes of at least 4 members (excludes halogenated alkanes) is 1. The highest BCUT2D eigenvalue weighted by Crippen LogP contribution is 2.35. The number of methoxy groups -OCH3 is 2. The van der Waals surface area contributed by atoms with Gasteiger partial charge in [-0.05, 0) is 64.5 Å². The van der Waals surface area contributed by atoms with Crippen LogP contribution in [0.25, 0.3) is 0 Å². The second-order valence-electron chi connectivity index (χ2n) is 11.8. The van der Waals surface area contributed by atoms with Crippen LogP contribution in [0.1, 0.15) is 30.4 Å². The molecule has 3 N–H and O–H groups in total. The van der Waals surface area contributed by atoms with Crippen molar-refractivity contribution in [1.82, 2.24) is 15.4 Å². The van der Waals surface area contributed by atoms with Crippen molar-refractivity contribution in [3.8, 4) is 11.5 Å². The average Bonchev–Trinajstić information content (AvgIpc) is 3.16. The maximum Gasteiger partial charge on any atom is 0.408 e. The number of sulfone groups is 1. The molecule has 0 radical (unpaired) electrons. The van der Waals surface area contributed by atoms with Gasteiger partial charge in [-0.15, -0.1) is 0 Å². The van der Waals surface area contributed by atoms with Crippen molar-refractivity contribution >= 4 is 47.8 Å². The van der Waals surface area contributed by atoms with E-state index < -0.39 is 43.9 Å². The van der Waals surface area contributed by atoms with Gasteiger partial charge in [-0.25, -0.2) is 26.4 Å². The predicted octanol–water partition coefficient (Wildman–Crippen LogP) is 5.93. The van der Waals surface area contributed by atoms with Crippen molar-refractivity contribution in [3.05, 3.63) is 130 Å². The van der Waals surface area contributed by atoms with Crippen molar-refractivity contribution < 1.29 is 40.6 Å². The first-order valence-electron chi connectivity index (χ1n) is 16.6. The van der Waals surface area contributed by atoms with E-state index in [0.717, 1.165) is 16.5 Å². The zero-order valence-electron chi connectivity index (χ0n) is 29.2. The van der Waals surface area contributed by atoms with Gasteiger partial charge in [0.15, 0.2) is 21.3 Å². The number of benzene rings is 4. The Hall–Kier alpha value is -4.70. The van der Waals surface area contributed by atoms with Crippen molar-refractivity contribution in [2.45, 2.75) is 54.2 Å².